The molecule has 1 N–H and O–H groups in total. The highest BCUT2D eigenvalue weighted by Crippen LogP contribution is 2.34. The molecule has 0 saturated carbocycles. The predicted molar refractivity (Wildman–Crippen MR) is 80.4 cm³/mol. The molecule has 0 spiro atoms. The van der Waals surface area contributed by atoms with E-state index in [1.165, 1.54) is 36.8 Å². The van der Waals surface area contributed by atoms with E-state index in [0.717, 1.165) is 18.0 Å². The van der Waals surface area contributed by atoms with Crippen molar-refractivity contribution < 1.29 is 0 Å². The van der Waals surface area contributed by atoms with E-state index in [1.54, 1.807) is 0 Å². The first-order valence-corrected chi connectivity index (χ1v) is 7.44. The Morgan fingerprint density at radius 3 is 3.16 bits per heavy atom. The summed E-state index contributed by atoms with van der Waals surface area (Å²) in [5, 5.41) is 4.82. The van der Waals surface area contributed by atoms with E-state index in [4.69, 9.17) is 0 Å². The average Bonchev–Trinajstić information content (AvgIpc) is 2.48. The molecule has 0 amide bonds. The van der Waals surface area contributed by atoms with E-state index < -0.39 is 0 Å². The van der Waals surface area contributed by atoms with Gasteiger partial charge < -0.3 is 5.32 Å². The number of aromatic nitrogens is 1. The van der Waals surface area contributed by atoms with Crippen LogP contribution in [0.4, 0.5) is 0 Å². The third-order valence-electron chi connectivity index (χ3n) is 4.32. The van der Waals surface area contributed by atoms with E-state index in [1.807, 2.05) is 12.3 Å². The van der Waals surface area contributed by atoms with Crippen LogP contribution in [0.5, 0.6) is 0 Å². The molecular weight excluding hydrogens is 232 g/mol. The quantitative estimate of drug-likeness (QED) is 0.902. The van der Waals surface area contributed by atoms with Gasteiger partial charge in [0.1, 0.15) is 0 Å². The summed E-state index contributed by atoms with van der Waals surface area (Å²) in [6, 6.07) is 11.0. The van der Waals surface area contributed by atoms with Crippen LogP contribution in [0, 0.1) is 5.92 Å². The molecule has 1 aliphatic rings. The second-order valence-corrected chi connectivity index (χ2v) is 5.60. The highest BCUT2D eigenvalue weighted by molar-refractivity contribution is 5.79. The van der Waals surface area contributed by atoms with Crippen LogP contribution in [0.3, 0.4) is 0 Å². The smallest absolute Gasteiger partial charge is 0.0702 e. The van der Waals surface area contributed by atoms with Crippen LogP contribution in [0.25, 0.3) is 10.9 Å². The van der Waals surface area contributed by atoms with Gasteiger partial charge in [0.15, 0.2) is 0 Å². The van der Waals surface area contributed by atoms with Gasteiger partial charge in [0, 0.05) is 11.6 Å². The molecule has 2 nitrogen and oxygen atoms in total. The number of hydrogen-bond acceptors (Lipinski definition) is 2. The van der Waals surface area contributed by atoms with Gasteiger partial charge in [0.25, 0.3) is 0 Å². The number of fused-ring (bicyclic) bond motifs is 1. The highest BCUT2D eigenvalue weighted by atomic mass is 14.9. The lowest BCUT2D eigenvalue weighted by Gasteiger charge is -2.32. The van der Waals surface area contributed by atoms with Crippen LogP contribution in [-0.2, 0) is 0 Å². The second kappa shape index (κ2) is 5.70. The number of rotatable bonds is 3. The predicted octanol–water partition coefficient (Wildman–Crippen LogP) is 3.73. The van der Waals surface area contributed by atoms with Crippen LogP contribution in [0.1, 0.15) is 37.7 Å². The molecule has 19 heavy (non-hydrogen) atoms. The first-order chi connectivity index (χ1) is 9.38. The fourth-order valence-corrected chi connectivity index (χ4v) is 3.36. The third kappa shape index (κ3) is 2.64. The van der Waals surface area contributed by atoms with Crippen LogP contribution < -0.4 is 5.32 Å². The van der Waals surface area contributed by atoms with Gasteiger partial charge in [-0.05, 0) is 61.5 Å². The molecule has 1 saturated heterocycles. The first kappa shape index (κ1) is 12.6. The van der Waals surface area contributed by atoms with Gasteiger partial charge in [0.05, 0.1) is 5.52 Å². The summed E-state index contributed by atoms with van der Waals surface area (Å²) >= 11 is 0. The molecule has 1 aromatic heterocycles. The van der Waals surface area contributed by atoms with Crippen LogP contribution in [0.2, 0.25) is 0 Å². The van der Waals surface area contributed by atoms with Gasteiger partial charge >= 0.3 is 0 Å². The summed E-state index contributed by atoms with van der Waals surface area (Å²) in [5.74, 6) is 1.50. The molecule has 0 aliphatic carbocycles. The monoisotopic (exact) mass is 254 g/mol. The topological polar surface area (TPSA) is 24.9 Å². The Labute approximate surface area is 115 Å². The lowest BCUT2D eigenvalue weighted by atomic mass is 9.78. The molecule has 3 rings (SSSR count). The summed E-state index contributed by atoms with van der Waals surface area (Å²) < 4.78 is 0. The Morgan fingerprint density at radius 2 is 2.26 bits per heavy atom. The van der Waals surface area contributed by atoms with Gasteiger partial charge in [-0.3, -0.25) is 4.98 Å². The normalized spacial score (nSPS) is 23.6. The molecule has 2 heteroatoms. The molecule has 2 aromatic rings. The minimum Gasteiger partial charge on any atom is -0.316 e. The van der Waals surface area contributed by atoms with Crippen molar-refractivity contribution in [3.8, 4) is 0 Å². The number of benzene rings is 1. The third-order valence-corrected chi connectivity index (χ3v) is 4.32. The van der Waals surface area contributed by atoms with E-state index in [2.05, 4.69) is 41.5 Å². The van der Waals surface area contributed by atoms with Gasteiger partial charge in [-0.2, -0.15) is 0 Å². The number of nitrogens with zero attached hydrogens (tertiary/aromatic N) is 1. The summed E-state index contributed by atoms with van der Waals surface area (Å²) in [4.78, 5) is 4.41. The molecule has 100 valence electrons. The fraction of sp³-hybridized carbons (Fsp3) is 0.471. The number of nitrogens with one attached hydrogen (secondary N) is 1. The van der Waals surface area contributed by atoms with Crippen molar-refractivity contribution in [3.05, 3.63) is 42.1 Å². The molecule has 1 aliphatic heterocycles. The molecule has 0 radical (unpaired) electrons. The minimum absolute atomic E-state index is 0.714. The highest BCUT2D eigenvalue weighted by Gasteiger charge is 2.25. The van der Waals surface area contributed by atoms with Crippen LogP contribution >= 0.6 is 0 Å². The maximum absolute atomic E-state index is 4.41. The zero-order valence-corrected chi connectivity index (χ0v) is 11.6. The van der Waals surface area contributed by atoms with Crippen LogP contribution in [-0.4, -0.2) is 18.1 Å². The molecule has 1 fully saturated rings. The van der Waals surface area contributed by atoms with Gasteiger partial charge in [0.2, 0.25) is 0 Å². The molecule has 2 atom stereocenters. The molecule has 0 bridgehead atoms. The summed E-state index contributed by atoms with van der Waals surface area (Å²) in [6.45, 7) is 4.61. The lowest BCUT2D eigenvalue weighted by molar-refractivity contribution is 0.307. The Hall–Kier alpha value is -1.41. The van der Waals surface area contributed by atoms with Crippen molar-refractivity contribution in [2.75, 3.05) is 13.1 Å². The fourth-order valence-electron chi connectivity index (χ4n) is 3.36. The lowest BCUT2D eigenvalue weighted by Crippen LogP contribution is -2.35. The van der Waals surface area contributed by atoms with Gasteiger partial charge in [-0.25, -0.2) is 0 Å². The van der Waals surface area contributed by atoms with Crippen molar-refractivity contribution in [1.29, 1.82) is 0 Å². The SMILES string of the molecule is CCCC1CNCCC1c1ccc2ncccc2c1. The zero-order chi connectivity index (χ0) is 13.1. The van der Waals surface area contributed by atoms with Crippen molar-refractivity contribution in [2.24, 2.45) is 5.92 Å². The van der Waals surface area contributed by atoms with E-state index in [9.17, 15) is 0 Å². The van der Waals surface area contributed by atoms with Gasteiger partial charge in [-0.1, -0.05) is 25.5 Å². The van der Waals surface area contributed by atoms with E-state index in [-0.39, 0.29) is 0 Å². The van der Waals surface area contributed by atoms with Gasteiger partial charge in [-0.15, -0.1) is 0 Å². The zero-order valence-electron chi connectivity index (χ0n) is 11.6. The van der Waals surface area contributed by atoms with Crippen molar-refractivity contribution in [3.63, 3.8) is 0 Å². The molecule has 2 heterocycles. The average molecular weight is 254 g/mol. The van der Waals surface area contributed by atoms with E-state index in [0.29, 0.717) is 5.92 Å². The largest absolute Gasteiger partial charge is 0.316 e. The maximum atomic E-state index is 4.41. The Balaban J connectivity index is 1.92. The summed E-state index contributed by atoms with van der Waals surface area (Å²) in [5.41, 5.74) is 2.60. The second-order valence-electron chi connectivity index (χ2n) is 5.60. The summed E-state index contributed by atoms with van der Waals surface area (Å²) in [7, 11) is 0. The summed E-state index contributed by atoms with van der Waals surface area (Å²) in [6.07, 6.45) is 5.73. The first-order valence-electron chi connectivity index (χ1n) is 7.44. The maximum Gasteiger partial charge on any atom is 0.0702 e. The van der Waals surface area contributed by atoms with E-state index >= 15 is 0 Å². The standard InChI is InChI=1S/C17H22N2/c1-2-4-15-12-18-10-8-16(15)13-6-7-17-14(11-13)5-3-9-19-17/h3,5-7,9,11,15-16,18H,2,4,8,10,12H2,1H3. The number of pyridine rings is 1. The molecule has 1 aromatic carbocycles. The van der Waals surface area contributed by atoms with Crippen molar-refractivity contribution in [2.45, 2.75) is 32.1 Å². The number of piperidine rings is 1. The minimum atomic E-state index is 0.714. The number of hydrogen-bond donors (Lipinski definition) is 1. The van der Waals surface area contributed by atoms with Crippen LogP contribution in [0.15, 0.2) is 36.5 Å². The molecule has 2 unspecified atom stereocenters. The van der Waals surface area contributed by atoms with Crippen molar-refractivity contribution >= 4 is 10.9 Å². The Morgan fingerprint density at radius 1 is 1.32 bits per heavy atom. The Bertz CT molecular complexity index is 548. The molecular formula is C17H22N2. The van der Waals surface area contributed by atoms with Crippen molar-refractivity contribution in [1.82, 2.24) is 10.3 Å². The Kier molecular flexibility index (Phi) is 3.79.